The summed E-state index contributed by atoms with van der Waals surface area (Å²) in [4.78, 5) is 4.18. The van der Waals surface area contributed by atoms with Crippen molar-refractivity contribution in [3.63, 3.8) is 0 Å². The first-order valence-corrected chi connectivity index (χ1v) is 9.11. The molecule has 2 aromatic heterocycles. The third-order valence-electron chi connectivity index (χ3n) is 3.64. The Labute approximate surface area is 139 Å². The van der Waals surface area contributed by atoms with Gasteiger partial charge in [-0.1, -0.05) is 12.1 Å². The van der Waals surface area contributed by atoms with Crippen LogP contribution in [0.2, 0.25) is 0 Å². The smallest absolute Gasteiger partial charge is 0.232 e. The molecule has 24 heavy (non-hydrogen) atoms. The van der Waals surface area contributed by atoms with Crippen LogP contribution in [0.1, 0.15) is 12.5 Å². The Bertz CT molecular complexity index is 1050. The fraction of sp³-hybridized carbons (Fsp3) is 0.188. The van der Waals surface area contributed by atoms with Crippen molar-refractivity contribution in [2.45, 2.75) is 6.92 Å². The normalized spacial score (nSPS) is 11.4. The Hall–Kier alpha value is -2.92. The van der Waals surface area contributed by atoms with E-state index in [-0.39, 0.29) is 0 Å². The molecule has 0 saturated heterocycles. The van der Waals surface area contributed by atoms with Crippen LogP contribution >= 0.6 is 0 Å². The number of sulfonamides is 1. The van der Waals surface area contributed by atoms with E-state index >= 15 is 0 Å². The van der Waals surface area contributed by atoms with Crippen LogP contribution in [0, 0.1) is 11.3 Å². The molecule has 0 aliphatic carbocycles. The van der Waals surface area contributed by atoms with Crippen molar-refractivity contribution < 1.29 is 8.42 Å². The van der Waals surface area contributed by atoms with Crippen LogP contribution in [0.15, 0.2) is 42.7 Å². The molecule has 0 amide bonds. The minimum atomic E-state index is -3.35. The molecule has 0 N–H and O–H groups in total. The van der Waals surface area contributed by atoms with Gasteiger partial charge in [-0.15, -0.1) is 0 Å². The minimum Gasteiger partial charge on any atom is -0.271 e. The summed E-state index contributed by atoms with van der Waals surface area (Å²) >= 11 is 0. The molecule has 122 valence electrons. The van der Waals surface area contributed by atoms with E-state index < -0.39 is 10.0 Å². The maximum Gasteiger partial charge on any atom is 0.232 e. The van der Waals surface area contributed by atoms with E-state index in [9.17, 15) is 8.42 Å². The Morgan fingerprint density at radius 2 is 2.12 bits per heavy atom. The van der Waals surface area contributed by atoms with Gasteiger partial charge in [0.25, 0.3) is 0 Å². The SMILES string of the molecule is CCN(c1cccc(-c2ccnc3c(C#N)cnn23)c1)S(C)(=O)=O. The van der Waals surface area contributed by atoms with Gasteiger partial charge in [0.1, 0.15) is 11.6 Å². The van der Waals surface area contributed by atoms with E-state index in [0.717, 1.165) is 11.3 Å². The molecular formula is C16H15N5O2S. The topological polar surface area (TPSA) is 91.4 Å². The van der Waals surface area contributed by atoms with Crippen LogP contribution in [-0.2, 0) is 10.0 Å². The Balaban J connectivity index is 2.17. The van der Waals surface area contributed by atoms with Crippen molar-refractivity contribution in [2.24, 2.45) is 0 Å². The second-order valence-corrected chi connectivity index (χ2v) is 7.12. The van der Waals surface area contributed by atoms with E-state index in [0.29, 0.717) is 23.4 Å². The van der Waals surface area contributed by atoms with E-state index in [1.807, 2.05) is 6.07 Å². The fourth-order valence-electron chi connectivity index (χ4n) is 2.62. The second kappa shape index (κ2) is 5.94. The highest BCUT2D eigenvalue weighted by Gasteiger charge is 2.16. The first kappa shape index (κ1) is 16.0. The average Bonchev–Trinajstić information content (AvgIpc) is 2.97. The number of fused-ring (bicyclic) bond motifs is 1. The number of rotatable bonds is 4. The summed E-state index contributed by atoms with van der Waals surface area (Å²) in [5, 5.41) is 13.3. The molecule has 7 nitrogen and oxygen atoms in total. The summed E-state index contributed by atoms with van der Waals surface area (Å²) in [6.07, 6.45) is 4.25. The fourth-order valence-corrected chi connectivity index (χ4v) is 3.58. The zero-order chi connectivity index (χ0) is 17.3. The molecule has 3 aromatic rings. The standard InChI is InChI=1S/C16H15N5O2S/c1-3-20(24(2,22)23)14-6-4-5-12(9-14)15-7-8-18-16-13(10-17)11-19-21(15)16/h4-9,11H,3H2,1-2H3. The molecule has 0 unspecified atom stereocenters. The van der Waals surface area contributed by atoms with Crippen LogP contribution in [0.5, 0.6) is 0 Å². The summed E-state index contributed by atoms with van der Waals surface area (Å²) < 4.78 is 26.8. The maximum atomic E-state index is 11.9. The zero-order valence-corrected chi connectivity index (χ0v) is 14.0. The molecule has 3 rings (SSSR count). The number of nitrogens with zero attached hydrogens (tertiary/aromatic N) is 5. The third kappa shape index (κ3) is 2.70. The van der Waals surface area contributed by atoms with Crippen molar-refractivity contribution in [1.82, 2.24) is 14.6 Å². The van der Waals surface area contributed by atoms with E-state index in [1.54, 1.807) is 41.9 Å². The summed E-state index contributed by atoms with van der Waals surface area (Å²) in [7, 11) is -3.35. The Morgan fingerprint density at radius 3 is 2.79 bits per heavy atom. The molecule has 0 radical (unpaired) electrons. The third-order valence-corrected chi connectivity index (χ3v) is 4.91. The first-order valence-electron chi connectivity index (χ1n) is 7.26. The highest BCUT2D eigenvalue weighted by Crippen LogP contribution is 2.26. The van der Waals surface area contributed by atoms with Gasteiger partial charge >= 0.3 is 0 Å². The second-order valence-electron chi connectivity index (χ2n) is 5.21. The lowest BCUT2D eigenvalue weighted by atomic mass is 10.1. The van der Waals surface area contributed by atoms with Gasteiger partial charge in [-0.25, -0.2) is 17.9 Å². The molecule has 2 heterocycles. The highest BCUT2D eigenvalue weighted by atomic mass is 32.2. The summed E-state index contributed by atoms with van der Waals surface area (Å²) in [6.45, 7) is 2.12. The Kier molecular flexibility index (Phi) is 3.95. The van der Waals surface area contributed by atoms with Crippen molar-refractivity contribution in [3.8, 4) is 17.3 Å². The van der Waals surface area contributed by atoms with Crippen LogP contribution in [0.4, 0.5) is 5.69 Å². The predicted molar refractivity (Wildman–Crippen MR) is 91.0 cm³/mol. The van der Waals surface area contributed by atoms with E-state index in [4.69, 9.17) is 5.26 Å². The number of anilines is 1. The summed E-state index contributed by atoms with van der Waals surface area (Å²) in [6, 6.07) is 11.0. The summed E-state index contributed by atoms with van der Waals surface area (Å²) in [5.74, 6) is 0. The monoisotopic (exact) mass is 341 g/mol. The molecule has 0 aliphatic heterocycles. The first-order chi connectivity index (χ1) is 11.5. The van der Waals surface area contributed by atoms with Gasteiger partial charge in [-0.2, -0.15) is 10.4 Å². The average molecular weight is 341 g/mol. The number of hydrogen-bond donors (Lipinski definition) is 0. The largest absolute Gasteiger partial charge is 0.271 e. The molecule has 0 bridgehead atoms. The molecule has 0 atom stereocenters. The van der Waals surface area contributed by atoms with Gasteiger partial charge in [0.15, 0.2) is 5.65 Å². The van der Waals surface area contributed by atoms with Gasteiger partial charge in [0.05, 0.1) is 23.8 Å². The Morgan fingerprint density at radius 1 is 1.33 bits per heavy atom. The lowest BCUT2D eigenvalue weighted by Crippen LogP contribution is -2.29. The quantitative estimate of drug-likeness (QED) is 0.724. The molecule has 8 heteroatoms. The zero-order valence-electron chi connectivity index (χ0n) is 13.2. The predicted octanol–water partition coefficient (Wildman–Crippen LogP) is 2.05. The van der Waals surface area contributed by atoms with Gasteiger partial charge < -0.3 is 0 Å². The van der Waals surface area contributed by atoms with Crippen LogP contribution in [-0.4, -0.2) is 35.8 Å². The number of nitriles is 1. The molecule has 0 fully saturated rings. The van der Waals surface area contributed by atoms with Crippen molar-refractivity contribution in [2.75, 3.05) is 17.1 Å². The molecule has 0 aliphatic rings. The summed E-state index contributed by atoms with van der Waals surface area (Å²) in [5.41, 5.74) is 2.95. The van der Waals surface area contributed by atoms with Crippen molar-refractivity contribution in [1.29, 1.82) is 5.26 Å². The maximum absolute atomic E-state index is 11.9. The molecule has 0 spiro atoms. The van der Waals surface area contributed by atoms with E-state index in [2.05, 4.69) is 16.2 Å². The lowest BCUT2D eigenvalue weighted by molar-refractivity contribution is 0.598. The van der Waals surface area contributed by atoms with Crippen LogP contribution < -0.4 is 4.31 Å². The van der Waals surface area contributed by atoms with Gasteiger partial charge in [0, 0.05) is 18.3 Å². The van der Waals surface area contributed by atoms with Gasteiger partial charge in [-0.3, -0.25) is 4.31 Å². The van der Waals surface area contributed by atoms with Crippen molar-refractivity contribution in [3.05, 3.63) is 48.3 Å². The molecule has 1 aromatic carbocycles. The number of hydrogen-bond acceptors (Lipinski definition) is 5. The van der Waals surface area contributed by atoms with Gasteiger partial charge in [-0.05, 0) is 25.1 Å². The highest BCUT2D eigenvalue weighted by molar-refractivity contribution is 7.92. The molecular weight excluding hydrogens is 326 g/mol. The van der Waals surface area contributed by atoms with E-state index in [1.165, 1.54) is 16.8 Å². The minimum absolute atomic E-state index is 0.342. The van der Waals surface area contributed by atoms with Crippen molar-refractivity contribution >= 4 is 21.4 Å². The number of benzene rings is 1. The molecule has 0 saturated carbocycles. The van der Waals surface area contributed by atoms with Crippen LogP contribution in [0.3, 0.4) is 0 Å². The lowest BCUT2D eigenvalue weighted by Gasteiger charge is -2.21. The number of aromatic nitrogens is 3. The van der Waals surface area contributed by atoms with Crippen LogP contribution in [0.25, 0.3) is 16.9 Å². The van der Waals surface area contributed by atoms with Gasteiger partial charge in [0.2, 0.25) is 10.0 Å².